The van der Waals surface area contributed by atoms with Crippen molar-refractivity contribution in [2.75, 3.05) is 25.1 Å². The van der Waals surface area contributed by atoms with Crippen molar-refractivity contribution in [2.45, 2.75) is 31.9 Å². The fraction of sp³-hybridized carbons (Fsp3) is 0.571. The molecule has 0 spiro atoms. The first-order chi connectivity index (χ1) is 9.73. The van der Waals surface area contributed by atoms with Crippen LogP contribution >= 0.6 is 0 Å². The Bertz CT molecular complexity index is 450. The summed E-state index contributed by atoms with van der Waals surface area (Å²) >= 11 is 0. The lowest BCUT2D eigenvalue weighted by molar-refractivity contribution is -0.247. The predicted octanol–water partition coefficient (Wildman–Crippen LogP) is 3.19. The summed E-state index contributed by atoms with van der Waals surface area (Å²) in [6, 6.07) is 6.29. The highest BCUT2D eigenvalue weighted by Crippen LogP contribution is 2.22. The van der Waals surface area contributed by atoms with Crippen LogP contribution in [0.4, 0.5) is 18.9 Å². The van der Waals surface area contributed by atoms with Crippen LogP contribution in [0.25, 0.3) is 0 Å². The molecule has 21 heavy (non-hydrogen) atoms. The Morgan fingerprint density at radius 3 is 2.29 bits per heavy atom. The SMILES string of the molecule is CC1(C)OCC(Nc2ccc(OCC(F)(F)F)cc2)CO1. The quantitative estimate of drug-likeness (QED) is 0.927. The van der Waals surface area contributed by atoms with E-state index >= 15 is 0 Å². The van der Waals surface area contributed by atoms with E-state index in [4.69, 9.17) is 9.47 Å². The number of benzene rings is 1. The zero-order valence-corrected chi connectivity index (χ0v) is 11.9. The molecular formula is C14H18F3NO3. The molecule has 2 rings (SSSR count). The van der Waals surface area contributed by atoms with Crippen molar-refractivity contribution in [3.63, 3.8) is 0 Å². The van der Waals surface area contributed by atoms with Crippen LogP contribution in [0.1, 0.15) is 13.8 Å². The second-order valence-corrected chi connectivity index (χ2v) is 5.29. The molecule has 0 amide bonds. The minimum Gasteiger partial charge on any atom is -0.484 e. The first-order valence-corrected chi connectivity index (χ1v) is 6.58. The minimum absolute atomic E-state index is 0.0000292. The van der Waals surface area contributed by atoms with Crippen LogP contribution in [0.2, 0.25) is 0 Å². The lowest BCUT2D eigenvalue weighted by atomic mass is 10.2. The maximum absolute atomic E-state index is 12.0. The highest BCUT2D eigenvalue weighted by Gasteiger charge is 2.29. The van der Waals surface area contributed by atoms with Crippen LogP contribution in [-0.4, -0.2) is 37.8 Å². The zero-order valence-electron chi connectivity index (χ0n) is 11.9. The normalized spacial score (nSPS) is 19.3. The molecule has 1 fully saturated rings. The first-order valence-electron chi connectivity index (χ1n) is 6.58. The Hall–Kier alpha value is -1.47. The molecule has 1 N–H and O–H groups in total. The van der Waals surface area contributed by atoms with Crippen LogP contribution in [0.3, 0.4) is 0 Å². The number of halogens is 3. The smallest absolute Gasteiger partial charge is 0.422 e. The third kappa shape index (κ3) is 5.43. The number of hydrogen-bond donors (Lipinski definition) is 1. The highest BCUT2D eigenvalue weighted by molar-refractivity contribution is 5.47. The van der Waals surface area contributed by atoms with E-state index in [1.165, 1.54) is 12.1 Å². The van der Waals surface area contributed by atoms with Gasteiger partial charge in [-0.05, 0) is 38.1 Å². The number of alkyl halides is 3. The van der Waals surface area contributed by atoms with Crippen LogP contribution in [0.5, 0.6) is 5.75 Å². The largest absolute Gasteiger partial charge is 0.484 e. The third-order valence-electron chi connectivity index (χ3n) is 2.89. The van der Waals surface area contributed by atoms with Crippen LogP contribution in [0.15, 0.2) is 24.3 Å². The molecule has 0 radical (unpaired) electrons. The summed E-state index contributed by atoms with van der Waals surface area (Å²) in [5.74, 6) is -0.400. The number of nitrogens with one attached hydrogen (secondary N) is 1. The molecule has 0 aromatic heterocycles. The van der Waals surface area contributed by atoms with E-state index in [0.29, 0.717) is 13.2 Å². The van der Waals surface area contributed by atoms with Crippen molar-refractivity contribution in [1.82, 2.24) is 0 Å². The van der Waals surface area contributed by atoms with Gasteiger partial charge in [0.05, 0.1) is 19.3 Å². The summed E-state index contributed by atoms with van der Waals surface area (Å²) < 4.78 is 51.8. The highest BCUT2D eigenvalue weighted by atomic mass is 19.4. The first kappa shape index (κ1) is 15.9. The van der Waals surface area contributed by atoms with Gasteiger partial charge in [0.1, 0.15) is 5.75 Å². The molecule has 1 saturated heterocycles. The molecule has 1 aliphatic rings. The maximum atomic E-state index is 12.0. The summed E-state index contributed by atoms with van der Waals surface area (Å²) in [6.45, 7) is 3.39. The van der Waals surface area contributed by atoms with E-state index in [2.05, 4.69) is 10.1 Å². The van der Waals surface area contributed by atoms with Gasteiger partial charge in [-0.15, -0.1) is 0 Å². The van der Waals surface area contributed by atoms with Crippen molar-refractivity contribution < 1.29 is 27.4 Å². The molecule has 1 aliphatic heterocycles. The molecule has 0 aliphatic carbocycles. The monoisotopic (exact) mass is 305 g/mol. The van der Waals surface area contributed by atoms with E-state index in [9.17, 15) is 13.2 Å². The molecule has 1 aromatic carbocycles. The van der Waals surface area contributed by atoms with Crippen molar-refractivity contribution in [3.05, 3.63) is 24.3 Å². The molecule has 0 atom stereocenters. The van der Waals surface area contributed by atoms with Crippen LogP contribution in [0, 0.1) is 0 Å². The van der Waals surface area contributed by atoms with E-state index in [-0.39, 0.29) is 11.8 Å². The zero-order chi connectivity index (χ0) is 15.5. The molecule has 0 saturated carbocycles. The average molecular weight is 305 g/mol. The lowest BCUT2D eigenvalue weighted by Gasteiger charge is -2.35. The molecule has 0 unspecified atom stereocenters. The summed E-state index contributed by atoms with van der Waals surface area (Å²) in [4.78, 5) is 0. The summed E-state index contributed by atoms with van der Waals surface area (Å²) in [7, 11) is 0. The standard InChI is InChI=1S/C14H18F3NO3/c1-13(2)20-7-11(8-21-13)18-10-3-5-12(6-4-10)19-9-14(15,16)17/h3-6,11,18H,7-9H2,1-2H3. The van der Waals surface area contributed by atoms with Crippen molar-refractivity contribution in [1.29, 1.82) is 0 Å². The van der Waals surface area contributed by atoms with Crippen molar-refractivity contribution >= 4 is 5.69 Å². The van der Waals surface area contributed by atoms with E-state index in [1.807, 2.05) is 13.8 Å². The van der Waals surface area contributed by atoms with Gasteiger partial charge in [-0.1, -0.05) is 0 Å². The number of rotatable bonds is 4. The molecule has 1 aromatic rings. The molecule has 118 valence electrons. The minimum atomic E-state index is -4.33. The molecular weight excluding hydrogens is 287 g/mol. The maximum Gasteiger partial charge on any atom is 0.422 e. The van der Waals surface area contributed by atoms with E-state index in [1.54, 1.807) is 12.1 Å². The van der Waals surface area contributed by atoms with Gasteiger partial charge in [-0.25, -0.2) is 0 Å². The van der Waals surface area contributed by atoms with Gasteiger partial charge in [0.25, 0.3) is 0 Å². The predicted molar refractivity (Wildman–Crippen MR) is 71.4 cm³/mol. The van der Waals surface area contributed by atoms with E-state index < -0.39 is 18.6 Å². The lowest BCUT2D eigenvalue weighted by Crippen LogP contribution is -2.45. The van der Waals surface area contributed by atoms with Crippen LogP contribution < -0.4 is 10.1 Å². The summed E-state index contributed by atoms with van der Waals surface area (Å²) in [5.41, 5.74) is 0.770. The van der Waals surface area contributed by atoms with Crippen molar-refractivity contribution in [2.24, 2.45) is 0 Å². The van der Waals surface area contributed by atoms with E-state index in [0.717, 1.165) is 5.69 Å². The van der Waals surface area contributed by atoms with Gasteiger partial charge in [-0.2, -0.15) is 13.2 Å². The average Bonchev–Trinajstić information content (AvgIpc) is 2.40. The Balaban J connectivity index is 1.83. The van der Waals surface area contributed by atoms with Gasteiger partial charge < -0.3 is 19.5 Å². The number of ether oxygens (including phenoxy) is 3. The Labute approximate surface area is 121 Å². The number of hydrogen-bond acceptors (Lipinski definition) is 4. The Morgan fingerprint density at radius 2 is 1.76 bits per heavy atom. The summed E-state index contributed by atoms with van der Waals surface area (Å²) in [5, 5.41) is 3.19. The molecule has 1 heterocycles. The number of anilines is 1. The Morgan fingerprint density at radius 1 is 1.19 bits per heavy atom. The Kier molecular flexibility index (Phi) is 4.63. The molecule has 4 nitrogen and oxygen atoms in total. The molecule has 7 heteroatoms. The second-order valence-electron chi connectivity index (χ2n) is 5.29. The van der Waals surface area contributed by atoms with Gasteiger partial charge in [0, 0.05) is 5.69 Å². The third-order valence-corrected chi connectivity index (χ3v) is 2.89. The summed E-state index contributed by atoms with van der Waals surface area (Å²) in [6.07, 6.45) is -4.33. The van der Waals surface area contributed by atoms with Crippen LogP contribution in [-0.2, 0) is 9.47 Å². The van der Waals surface area contributed by atoms with Gasteiger partial charge >= 0.3 is 6.18 Å². The van der Waals surface area contributed by atoms with Gasteiger partial charge in [-0.3, -0.25) is 0 Å². The van der Waals surface area contributed by atoms with Crippen molar-refractivity contribution in [3.8, 4) is 5.75 Å². The molecule has 0 bridgehead atoms. The second kappa shape index (κ2) is 6.11. The fourth-order valence-electron chi connectivity index (χ4n) is 1.82. The van der Waals surface area contributed by atoms with Gasteiger partial charge in [0.15, 0.2) is 12.4 Å². The fourth-order valence-corrected chi connectivity index (χ4v) is 1.82. The topological polar surface area (TPSA) is 39.7 Å². The van der Waals surface area contributed by atoms with Gasteiger partial charge in [0.2, 0.25) is 0 Å².